The number of carboxylic acids is 1. The van der Waals surface area contributed by atoms with E-state index < -0.39 is 11.9 Å². The molecule has 1 amide bonds. The van der Waals surface area contributed by atoms with E-state index >= 15 is 0 Å². The summed E-state index contributed by atoms with van der Waals surface area (Å²) in [5.74, 6) is -1.71. The van der Waals surface area contributed by atoms with Gasteiger partial charge in [0.1, 0.15) is 0 Å². The second-order valence-corrected chi connectivity index (χ2v) is 2.66. The highest BCUT2D eigenvalue weighted by atomic mass is 16.4. The SMILES string of the molecule is C=CC(=O)N(C)CC(C)C(=O)O. The predicted molar refractivity (Wildman–Crippen MR) is 44.6 cm³/mol. The number of hydrogen-bond donors (Lipinski definition) is 1. The van der Waals surface area contributed by atoms with Gasteiger partial charge in [0.2, 0.25) is 5.91 Å². The van der Waals surface area contributed by atoms with Gasteiger partial charge in [-0.2, -0.15) is 0 Å². The Labute approximate surface area is 71.5 Å². The summed E-state index contributed by atoms with van der Waals surface area (Å²) in [4.78, 5) is 22.6. The van der Waals surface area contributed by atoms with E-state index in [1.807, 2.05) is 0 Å². The van der Waals surface area contributed by atoms with Crippen molar-refractivity contribution in [1.29, 1.82) is 0 Å². The third-order valence-electron chi connectivity index (χ3n) is 1.52. The topological polar surface area (TPSA) is 57.6 Å². The minimum Gasteiger partial charge on any atom is -0.481 e. The zero-order valence-electron chi connectivity index (χ0n) is 7.28. The fourth-order valence-corrected chi connectivity index (χ4v) is 0.735. The molecule has 1 atom stereocenters. The Balaban J connectivity index is 3.99. The number of carboxylic acid groups (broad SMARTS) is 1. The molecular formula is C8H13NO3. The second-order valence-electron chi connectivity index (χ2n) is 2.66. The number of likely N-dealkylation sites (N-methyl/N-ethyl adjacent to an activating group) is 1. The molecule has 4 heteroatoms. The summed E-state index contributed by atoms with van der Waals surface area (Å²) in [5.41, 5.74) is 0. The molecule has 0 aliphatic rings. The van der Waals surface area contributed by atoms with Crippen LogP contribution in [0.4, 0.5) is 0 Å². The van der Waals surface area contributed by atoms with Crippen LogP contribution in [0.1, 0.15) is 6.92 Å². The van der Waals surface area contributed by atoms with Gasteiger partial charge in [-0.3, -0.25) is 9.59 Å². The summed E-state index contributed by atoms with van der Waals surface area (Å²) in [7, 11) is 1.55. The Bertz CT molecular complexity index is 200. The summed E-state index contributed by atoms with van der Waals surface area (Å²) < 4.78 is 0. The number of carbonyl (C=O) groups excluding carboxylic acids is 1. The average molecular weight is 171 g/mol. The Morgan fingerprint density at radius 1 is 1.67 bits per heavy atom. The molecule has 0 radical (unpaired) electrons. The molecule has 68 valence electrons. The maximum Gasteiger partial charge on any atom is 0.308 e. The summed E-state index contributed by atoms with van der Waals surface area (Å²) in [6.07, 6.45) is 1.16. The molecule has 0 heterocycles. The van der Waals surface area contributed by atoms with Crippen molar-refractivity contribution < 1.29 is 14.7 Å². The van der Waals surface area contributed by atoms with Gasteiger partial charge in [-0.1, -0.05) is 13.5 Å². The molecule has 0 bridgehead atoms. The summed E-state index contributed by atoms with van der Waals surface area (Å²) >= 11 is 0. The molecule has 12 heavy (non-hydrogen) atoms. The van der Waals surface area contributed by atoms with Crippen LogP contribution in [0.3, 0.4) is 0 Å². The highest BCUT2D eigenvalue weighted by Gasteiger charge is 2.15. The van der Waals surface area contributed by atoms with Crippen LogP contribution in [0.5, 0.6) is 0 Å². The number of aliphatic carboxylic acids is 1. The molecule has 1 unspecified atom stereocenters. The van der Waals surface area contributed by atoms with E-state index in [2.05, 4.69) is 6.58 Å². The summed E-state index contributed by atoms with van der Waals surface area (Å²) in [6.45, 7) is 5.05. The highest BCUT2D eigenvalue weighted by Crippen LogP contribution is 1.98. The Hall–Kier alpha value is -1.32. The van der Waals surface area contributed by atoms with E-state index in [-0.39, 0.29) is 12.5 Å². The standard InChI is InChI=1S/C8H13NO3/c1-4-7(10)9(3)5-6(2)8(11)12/h4,6H,1,5H2,2-3H3,(H,11,12). The van der Waals surface area contributed by atoms with Gasteiger partial charge in [0.05, 0.1) is 5.92 Å². The predicted octanol–water partition coefficient (Wildman–Crippen LogP) is 0.352. The first-order chi connectivity index (χ1) is 5.49. The first kappa shape index (κ1) is 10.7. The van der Waals surface area contributed by atoms with Crippen molar-refractivity contribution in [1.82, 2.24) is 4.90 Å². The first-order valence-electron chi connectivity index (χ1n) is 3.59. The van der Waals surface area contributed by atoms with Crippen molar-refractivity contribution in [2.45, 2.75) is 6.92 Å². The summed E-state index contributed by atoms with van der Waals surface area (Å²) in [5, 5.41) is 8.52. The fraction of sp³-hybridized carbons (Fsp3) is 0.500. The van der Waals surface area contributed by atoms with Gasteiger partial charge in [-0.15, -0.1) is 0 Å². The van der Waals surface area contributed by atoms with E-state index in [1.54, 1.807) is 14.0 Å². The van der Waals surface area contributed by atoms with E-state index in [9.17, 15) is 9.59 Å². The van der Waals surface area contributed by atoms with Crippen LogP contribution in [-0.4, -0.2) is 35.5 Å². The molecule has 0 rings (SSSR count). The van der Waals surface area contributed by atoms with E-state index in [1.165, 1.54) is 4.90 Å². The van der Waals surface area contributed by atoms with Gasteiger partial charge in [-0.05, 0) is 6.08 Å². The zero-order valence-corrected chi connectivity index (χ0v) is 7.28. The van der Waals surface area contributed by atoms with Crippen LogP contribution < -0.4 is 0 Å². The number of amides is 1. The first-order valence-corrected chi connectivity index (χ1v) is 3.59. The molecule has 0 saturated heterocycles. The zero-order chi connectivity index (χ0) is 9.72. The minimum absolute atomic E-state index is 0.209. The van der Waals surface area contributed by atoms with Crippen molar-refractivity contribution in [2.75, 3.05) is 13.6 Å². The lowest BCUT2D eigenvalue weighted by molar-refractivity contribution is -0.142. The lowest BCUT2D eigenvalue weighted by atomic mass is 10.2. The number of nitrogens with zero attached hydrogens (tertiary/aromatic N) is 1. The van der Waals surface area contributed by atoms with Gasteiger partial charge in [-0.25, -0.2) is 0 Å². The Kier molecular flexibility index (Phi) is 4.04. The van der Waals surface area contributed by atoms with Crippen LogP contribution in [0.15, 0.2) is 12.7 Å². The minimum atomic E-state index is -0.904. The lowest BCUT2D eigenvalue weighted by Gasteiger charge is -2.17. The molecule has 0 aromatic rings. The lowest BCUT2D eigenvalue weighted by Crippen LogP contribution is -2.32. The van der Waals surface area contributed by atoms with Gasteiger partial charge < -0.3 is 10.0 Å². The van der Waals surface area contributed by atoms with Crippen molar-refractivity contribution in [3.63, 3.8) is 0 Å². The van der Waals surface area contributed by atoms with Crippen molar-refractivity contribution in [3.05, 3.63) is 12.7 Å². The normalized spacial score (nSPS) is 11.8. The maximum absolute atomic E-state index is 10.9. The maximum atomic E-state index is 10.9. The fourth-order valence-electron chi connectivity index (χ4n) is 0.735. The molecule has 0 fully saturated rings. The molecule has 0 aromatic carbocycles. The number of carbonyl (C=O) groups is 2. The van der Waals surface area contributed by atoms with Crippen LogP contribution in [0.25, 0.3) is 0 Å². The molecule has 1 N–H and O–H groups in total. The third kappa shape index (κ3) is 3.18. The number of hydrogen-bond acceptors (Lipinski definition) is 2. The van der Waals surface area contributed by atoms with Gasteiger partial charge >= 0.3 is 5.97 Å². The van der Waals surface area contributed by atoms with E-state index in [0.29, 0.717) is 0 Å². The van der Waals surface area contributed by atoms with Crippen molar-refractivity contribution >= 4 is 11.9 Å². The van der Waals surface area contributed by atoms with Gasteiger partial charge in [0, 0.05) is 13.6 Å². The molecular weight excluding hydrogens is 158 g/mol. The van der Waals surface area contributed by atoms with Crippen LogP contribution in [-0.2, 0) is 9.59 Å². The molecule has 0 spiro atoms. The van der Waals surface area contributed by atoms with Crippen molar-refractivity contribution in [3.8, 4) is 0 Å². The largest absolute Gasteiger partial charge is 0.481 e. The highest BCUT2D eigenvalue weighted by molar-refractivity contribution is 5.87. The number of rotatable bonds is 4. The van der Waals surface area contributed by atoms with Gasteiger partial charge in [0.15, 0.2) is 0 Å². The molecule has 0 saturated carbocycles. The monoisotopic (exact) mass is 171 g/mol. The third-order valence-corrected chi connectivity index (χ3v) is 1.52. The van der Waals surface area contributed by atoms with E-state index in [0.717, 1.165) is 6.08 Å². The Morgan fingerprint density at radius 2 is 2.17 bits per heavy atom. The second kappa shape index (κ2) is 4.54. The summed E-state index contributed by atoms with van der Waals surface area (Å²) in [6, 6.07) is 0. The Morgan fingerprint density at radius 3 is 2.50 bits per heavy atom. The van der Waals surface area contributed by atoms with Crippen LogP contribution in [0, 0.1) is 5.92 Å². The van der Waals surface area contributed by atoms with Gasteiger partial charge in [0.25, 0.3) is 0 Å². The molecule has 0 aliphatic heterocycles. The van der Waals surface area contributed by atoms with Crippen LogP contribution >= 0.6 is 0 Å². The van der Waals surface area contributed by atoms with E-state index in [4.69, 9.17) is 5.11 Å². The molecule has 0 aliphatic carbocycles. The molecule has 4 nitrogen and oxygen atoms in total. The average Bonchev–Trinajstić information content (AvgIpc) is 2.02. The molecule has 0 aromatic heterocycles. The smallest absolute Gasteiger partial charge is 0.308 e. The van der Waals surface area contributed by atoms with Crippen molar-refractivity contribution in [2.24, 2.45) is 5.92 Å². The quantitative estimate of drug-likeness (QED) is 0.621. The van der Waals surface area contributed by atoms with Crippen LogP contribution in [0.2, 0.25) is 0 Å².